The van der Waals surface area contributed by atoms with E-state index in [2.05, 4.69) is 5.32 Å². The summed E-state index contributed by atoms with van der Waals surface area (Å²) in [5, 5.41) is 22.2. The van der Waals surface area contributed by atoms with E-state index in [1.165, 1.54) is 0 Å². The number of aliphatic hydroxyl groups is 2. The van der Waals surface area contributed by atoms with Gasteiger partial charge < -0.3 is 20.4 Å². The Bertz CT molecular complexity index is 179. The van der Waals surface area contributed by atoms with Crippen LogP contribution >= 0.6 is 0 Å². The maximum absolute atomic E-state index is 9.99. The maximum Gasteiger partial charge on any atom is 0.0869 e. The number of likely N-dealkylation sites (N-methyl/N-ethyl adjacent to an activating group) is 1. The van der Waals surface area contributed by atoms with Gasteiger partial charge in [0.1, 0.15) is 0 Å². The van der Waals surface area contributed by atoms with E-state index in [0.717, 1.165) is 0 Å². The zero-order valence-electron chi connectivity index (χ0n) is 10.7. The summed E-state index contributed by atoms with van der Waals surface area (Å²) >= 11 is 0. The molecule has 0 aliphatic carbocycles. The largest absolute Gasteiger partial charge is 0.396 e. The monoisotopic (exact) mass is 218 g/mol. The van der Waals surface area contributed by atoms with E-state index >= 15 is 0 Å². The van der Waals surface area contributed by atoms with Crippen LogP contribution in [0, 0.1) is 5.41 Å². The molecule has 1 unspecified atom stereocenters. The van der Waals surface area contributed by atoms with Crippen LogP contribution in [0.3, 0.4) is 0 Å². The summed E-state index contributed by atoms with van der Waals surface area (Å²) < 4.78 is 0. The van der Waals surface area contributed by atoms with Gasteiger partial charge in [0.25, 0.3) is 0 Å². The summed E-state index contributed by atoms with van der Waals surface area (Å²) in [4.78, 5) is 1.96. The maximum atomic E-state index is 9.99. The summed E-state index contributed by atoms with van der Waals surface area (Å²) in [5.74, 6) is 0. The Kier molecular flexibility index (Phi) is 5.73. The summed E-state index contributed by atoms with van der Waals surface area (Å²) in [5.41, 5.74) is -0.858. The lowest BCUT2D eigenvalue weighted by molar-refractivity contribution is 0.0301. The summed E-state index contributed by atoms with van der Waals surface area (Å²) in [6, 6.07) is 0. The second-order valence-corrected chi connectivity index (χ2v) is 5.66. The van der Waals surface area contributed by atoms with Crippen molar-refractivity contribution in [2.75, 3.05) is 40.3 Å². The predicted molar refractivity (Wildman–Crippen MR) is 62.9 cm³/mol. The molecule has 15 heavy (non-hydrogen) atoms. The van der Waals surface area contributed by atoms with E-state index in [4.69, 9.17) is 5.11 Å². The van der Waals surface area contributed by atoms with E-state index in [1.807, 2.05) is 39.8 Å². The minimum atomic E-state index is -0.727. The Morgan fingerprint density at radius 2 is 1.67 bits per heavy atom. The number of hydrogen-bond acceptors (Lipinski definition) is 4. The minimum absolute atomic E-state index is 0.131. The highest BCUT2D eigenvalue weighted by molar-refractivity contribution is 4.80. The first-order valence-electron chi connectivity index (χ1n) is 5.37. The topological polar surface area (TPSA) is 55.7 Å². The minimum Gasteiger partial charge on any atom is -0.396 e. The van der Waals surface area contributed by atoms with Gasteiger partial charge in [0.2, 0.25) is 0 Å². The molecule has 0 fully saturated rings. The molecule has 1 atom stereocenters. The zero-order chi connectivity index (χ0) is 12.1. The van der Waals surface area contributed by atoms with E-state index in [1.54, 1.807) is 0 Å². The molecular weight excluding hydrogens is 192 g/mol. The lowest BCUT2D eigenvalue weighted by atomic mass is 9.94. The van der Waals surface area contributed by atoms with Gasteiger partial charge >= 0.3 is 0 Å². The van der Waals surface area contributed by atoms with Crippen molar-refractivity contribution in [3.05, 3.63) is 0 Å². The van der Waals surface area contributed by atoms with Gasteiger partial charge in [-0.25, -0.2) is 0 Å². The third-order valence-corrected chi connectivity index (χ3v) is 2.19. The number of nitrogens with zero attached hydrogens (tertiary/aromatic N) is 1. The zero-order valence-corrected chi connectivity index (χ0v) is 10.7. The van der Waals surface area contributed by atoms with Gasteiger partial charge in [-0.15, -0.1) is 0 Å². The van der Waals surface area contributed by atoms with Crippen molar-refractivity contribution in [2.45, 2.75) is 26.4 Å². The number of aliphatic hydroxyl groups excluding tert-OH is 1. The Balaban J connectivity index is 3.84. The molecule has 4 heteroatoms. The van der Waals surface area contributed by atoms with Crippen LogP contribution in [0.25, 0.3) is 0 Å². The fourth-order valence-corrected chi connectivity index (χ4v) is 1.46. The van der Waals surface area contributed by atoms with Crippen LogP contribution in [0.5, 0.6) is 0 Å². The summed E-state index contributed by atoms with van der Waals surface area (Å²) in [6.07, 6.45) is 0. The highest BCUT2D eigenvalue weighted by Gasteiger charge is 2.23. The quantitative estimate of drug-likeness (QED) is 0.559. The molecule has 0 amide bonds. The van der Waals surface area contributed by atoms with Crippen LogP contribution < -0.4 is 5.32 Å². The molecule has 0 spiro atoms. The number of hydrogen-bond donors (Lipinski definition) is 3. The van der Waals surface area contributed by atoms with Crippen molar-refractivity contribution >= 4 is 0 Å². The van der Waals surface area contributed by atoms with Gasteiger partial charge in [0, 0.05) is 31.7 Å². The first kappa shape index (κ1) is 14.8. The van der Waals surface area contributed by atoms with Crippen molar-refractivity contribution in [1.29, 1.82) is 0 Å². The molecule has 3 N–H and O–H groups in total. The van der Waals surface area contributed by atoms with E-state index in [0.29, 0.717) is 19.6 Å². The fourth-order valence-electron chi connectivity index (χ4n) is 1.46. The normalized spacial score (nSPS) is 16.8. The van der Waals surface area contributed by atoms with Crippen molar-refractivity contribution in [3.8, 4) is 0 Å². The van der Waals surface area contributed by atoms with Gasteiger partial charge in [0.15, 0.2) is 0 Å². The second-order valence-electron chi connectivity index (χ2n) is 5.66. The van der Waals surface area contributed by atoms with Gasteiger partial charge in [-0.05, 0) is 21.0 Å². The van der Waals surface area contributed by atoms with Crippen LogP contribution in [0.1, 0.15) is 20.8 Å². The molecule has 92 valence electrons. The second kappa shape index (κ2) is 5.80. The molecule has 0 aliphatic heterocycles. The van der Waals surface area contributed by atoms with Gasteiger partial charge in [0.05, 0.1) is 5.60 Å². The highest BCUT2D eigenvalue weighted by Crippen LogP contribution is 2.12. The molecule has 0 aliphatic rings. The molecule has 0 radical (unpaired) electrons. The van der Waals surface area contributed by atoms with E-state index in [9.17, 15) is 5.11 Å². The summed E-state index contributed by atoms with van der Waals surface area (Å²) in [7, 11) is 3.87. The molecule has 0 aromatic heterocycles. The SMILES string of the molecule is CN(C)CC(C)(O)CNCC(C)(C)CO. The molecule has 4 nitrogen and oxygen atoms in total. The summed E-state index contributed by atoms with van der Waals surface area (Å²) in [6.45, 7) is 7.80. The Hall–Kier alpha value is -0.160. The Morgan fingerprint density at radius 1 is 1.13 bits per heavy atom. The number of rotatable bonds is 7. The van der Waals surface area contributed by atoms with Crippen LogP contribution in [-0.2, 0) is 0 Å². The van der Waals surface area contributed by atoms with Crippen molar-refractivity contribution < 1.29 is 10.2 Å². The van der Waals surface area contributed by atoms with Crippen LogP contribution in [0.4, 0.5) is 0 Å². The molecule has 0 heterocycles. The average molecular weight is 218 g/mol. The van der Waals surface area contributed by atoms with Crippen molar-refractivity contribution in [3.63, 3.8) is 0 Å². The van der Waals surface area contributed by atoms with Crippen LogP contribution in [0.2, 0.25) is 0 Å². The molecule has 0 saturated heterocycles. The highest BCUT2D eigenvalue weighted by atomic mass is 16.3. The fraction of sp³-hybridized carbons (Fsp3) is 1.00. The molecule has 0 aromatic rings. The Morgan fingerprint density at radius 3 is 2.07 bits per heavy atom. The lowest BCUT2D eigenvalue weighted by Crippen LogP contribution is -2.47. The van der Waals surface area contributed by atoms with E-state index < -0.39 is 5.60 Å². The van der Waals surface area contributed by atoms with Crippen LogP contribution in [0.15, 0.2) is 0 Å². The van der Waals surface area contributed by atoms with Gasteiger partial charge in [-0.3, -0.25) is 0 Å². The van der Waals surface area contributed by atoms with Gasteiger partial charge in [-0.1, -0.05) is 13.8 Å². The number of nitrogens with one attached hydrogen (secondary N) is 1. The van der Waals surface area contributed by atoms with E-state index in [-0.39, 0.29) is 12.0 Å². The molecular formula is C11H26N2O2. The van der Waals surface area contributed by atoms with Crippen LogP contribution in [-0.4, -0.2) is 61.1 Å². The molecule has 0 saturated carbocycles. The lowest BCUT2D eigenvalue weighted by Gasteiger charge is -2.29. The predicted octanol–water partition coefficient (Wildman–Crippen LogP) is -0.0929. The standard InChI is InChI=1S/C11H26N2O2/c1-10(2,9-14)6-12-7-11(3,15)8-13(4)5/h12,14-15H,6-9H2,1-5H3. The third-order valence-electron chi connectivity index (χ3n) is 2.19. The molecule has 0 rings (SSSR count). The average Bonchev–Trinajstić information content (AvgIpc) is 2.00. The Labute approximate surface area is 93.3 Å². The smallest absolute Gasteiger partial charge is 0.0869 e. The molecule has 0 bridgehead atoms. The molecule has 0 aromatic carbocycles. The first-order chi connectivity index (χ1) is 6.68. The third kappa shape index (κ3) is 7.73. The van der Waals surface area contributed by atoms with Crippen molar-refractivity contribution in [1.82, 2.24) is 10.2 Å². The van der Waals surface area contributed by atoms with Gasteiger partial charge in [-0.2, -0.15) is 0 Å². The van der Waals surface area contributed by atoms with Crippen molar-refractivity contribution in [2.24, 2.45) is 5.41 Å². The first-order valence-corrected chi connectivity index (χ1v) is 5.37.